The standard InChI is InChI=1S/C20H24N4O3S2/c1-4-21-20(22-11-15-7-8-18(14(2)10-15)29(3,25)26)23-12-16-13-27-19(24-16)17-6-5-9-28-17/h5-10,13H,4,11-12H2,1-3H3,(H2,21,22,23). The first-order valence-corrected chi connectivity index (χ1v) is 11.9. The van der Waals surface area contributed by atoms with E-state index in [2.05, 4.69) is 20.6 Å². The van der Waals surface area contributed by atoms with Crippen molar-refractivity contribution in [3.05, 3.63) is 58.8 Å². The van der Waals surface area contributed by atoms with Crippen LogP contribution in [0, 0.1) is 6.92 Å². The third-order valence-corrected chi connectivity index (χ3v) is 6.24. The summed E-state index contributed by atoms with van der Waals surface area (Å²) in [5, 5.41) is 8.42. The summed E-state index contributed by atoms with van der Waals surface area (Å²) in [6.45, 7) is 5.42. The Morgan fingerprint density at radius 3 is 2.76 bits per heavy atom. The van der Waals surface area contributed by atoms with Crippen LogP contribution in [0.4, 0.5) is 0 Å². The number of aliphatic imine (C=N–C) groups is 1. The van der Waals surface area contributed by atoms with Gasteiger partial charge in [0.05, 0.1) is 28.6 Å². The van der Waals surface area contributed by atoms with Crippen molar-refractivity contribution in [2.24, 2.45) is 4.99 Å². The minimum atomic E-state index is -3.22. The molecule has 2 heterocycles. The highest BCUT2D eigenvalue weighted by molar-refractivity contribution is 7.90. The molecule has 3 aromatic rings. The van der Waals surface area contributed by atoms with Crippen LogP contribution in [0.25, 0.3) is 10.8 Å². The van der Waals surface area contributed by atoms with Gasteiger partial charge in [-0.2, -0.15) is 0 Å². The zero-order valence-electron chi connectivity index (χ0n) is 16.6. The number of hydrogen-bond donors (Lipinski definition) is 2. The van der Waals surface area contributed by atoms with Crippen molar-refractivity contribution >= 4 is 27.1 Å². The maximum absolute atomic E-state index is 11.8. The average molecular weight is 433 g/mol. The maximum atomic E-state index is 11.8. The van der Waals surface area contributed by atoms with Crippen LogP contribution in [-0.2, 0) is 22.9 Å². The topological polar surface area (TPSA) is 96.6 Å². The van der Waals surface area contributed by atoms with E-state index in [1.807, 2.05) is 30.5 Å². The number of benzene rings is 1. The minimum Gasteiger partial charge on any atom is -0.443 e. The molecule has 0 amide bonds. The maximum Gasteiger partial charge on any atom is 0.236 e. The lowest BCUT2D eigenvalue weighted by Crippen LogP contribution is -2.36. The van der Waals surface area contributed by atoms with E-state index in [-0.39, 0.29) is 0 Å². The van der Waals surface area contributed by atoms with Gasteiger partial charge in [0.2, 0.25) is 5.89 Å². The van der Waals surface area contributed by atoms with Gasteiger partial charge >= 0.3 is 0 Å². The second-order valence-corrected chi connectivity index (χ2v) is 9.47. The van der Waals surface area contributed by atoms with E-state index in [0.717, 1.165) is 28.2 Å². The summed E-state index contributed by atoms with van der Waals surface area (Å²) in [6.07, 6.45) is 2.85. The summed E-state index contributed by atoms with van der Waals surface area (Å²) in [4.78, 5) is 10.4. The molecule has 0 fully saturated rings. The van der Waals surface area contributed by atoms with Gasteiger partial charge in [0.25, 0.3) is 0 Å². The Labute approximate surface area is 174 Å². The van der Waals surface area contributed by atoms with Crippen LogP contribution in [0.15, 0.2) is 56.3 Å². The summed E-state index contributed by atoms with van der Waals surface area (Å²) >= 11 is 1.58. The molecule has 0 saturated heterocycles. The van der Waals surface area contributed by atoms with E-state index in [1.165, 1.54) is 6.26 Å². The molecule has 2 N–H and O–H groups in total. The fourth-order valence-electron chi connectivity index (χ4n) is 2.81. The van der Waals surface area contributed by atoms with Gasteiger partial charge in [-0.05, 0) is 42.5 Å². The number of hydrogen-bond acceptors (Lipinski definition) is 6. The van der Waals surface area contributed by atoms with Gasteiger partial charge in [-0.1, -0.05) is 18.2 Å². The van der Waals surface area contributed by atoms with E-state index >= 15 is 0 Å². The monoisotopic (exact) mass is 432 g/mol. The van der Waals surface area contributed by atoms with Crippen LogP contribution in [0.3, 0.4) is 0 Å². The van der Waals surface area contributed by atoms with Crippen molar-refractivity contribution < 1.29 is 12.8 Å². The van der Waals surface area contributed by atoms with Gasteiger partial charge in [-0.3, -0.25) is 0 Å². The first kappa shape index (κ1) is 21.1. The Balaban J connectivity index is 1.65. The fourth-order valence-corrected chi connectivity index (χ4v) is 4.43. The second-order valence-electron chi connectivity index (χ2n) is 6.54. The molecular weight excluding hydrogens is 408 g/mol. The van der Waals surface area contributed by atoms with E-state index in [1.54, 1.807) is 36.7 Å². The molecular formula is C20H24N4O3S2. The summed E-state index contributed by atoms with van der Waals surface area (Å²) in [5.74, 6) is 1.26. The van der Waals surface area contributed by atoms with Crippen molar-refractivity contribution in [3.8, 4) is 10.8 Å². The molecule has 0 unspecified atom stereocenters. The fraction of sp³-hybridized carbons (Fsp3) is 0.300. The predicted octanol–water partition coefficient (Wildman–Crippen LogP) is 3.37. The Morgan fingerprint density at radius 1 is 1.28 bits per heavy atom. The van der Waals surface area contributed by atoms with Gasteiger partial charge in [-0.25, -0.2) is 18.4 Å². The number of oxazole rings is 1. The lowest BCUT2D eigenvalue weighted by Gasteiger charge is -2.10. The molecule has 0 saturated carbocycles. The van der Waals surface area contributed by atoms with Crippen molar-refractivity contribution in [1.82, 2.24) is 15.6 Å². The number of guanidine groups is 1. The van der Waals surface area contributed by atoms with Gasteiger partial charge in [-0.15, -0.1) is 11.3 Å². The van der Waals surface area contributed by atoms with Crippen LogP contribution in [0.1, 0.15) is 23.7 Å². The molecule has 7 nitrogen and oxygen atoms in total. The molecule has 1 aromatic carbocycles. The van der Waals surface area contributed by atoms with Crippen molar-refractivity contribution in [1.29, 1.82) is 0 Å². The van der Waals surface area contributed by atoms with Crippen LogP contribution in [-0.4, -0.2) is 32.2 Å². The molecule has 0 spiro atoms. The first-order valence-electron chi connectivity index (χ1n) is 9.17. The number of aromatic nitrogens is 1. The summed E-state index contributed by atoms with van der Waals surface area (Å²) in [6, 6.07) is 9.21. The van der Waals surface area contributed by atoms with Crippen LogP contribution >= 0.6 is 11.3 Å². The highest BCUT2D eigenvalue weighted by Gasteiger charge is 2.11. The van der Waals surface area contributed by atoms with Gasteiger partial charge in [0, 0.05) is 12.8 Å². The molecule has 3 rings (SSSR count). The highest BCUT2D eigenvalue weighted by Crippen LogP contribution is 2.23. The number of nitrogens with one attached hydrogen (secondary N) is 2. The van der Waals surface area contributed by atoms with E-state index in [9.17, 15) is 8.42 Å². The Morgan fingerprint density at radius 2 is 2.10 bits per heavy atom. The van der Waals surface area contributed by atoms with Crippen LogP contribution in [0.2, 0.25) is 0 Å². The molecule has 2 aromatic heterocycles. The predicted molar refractivity (Wildman–Crippen MR) is 116 cm³/mol. The first-order chi connectivity index (χ1) is 13.9. The Hall–Kier alpha value is -2.65. The molecule has 9 heteroatoms. The lowest BCUT2D eigenvalue weighted by molar-refractivity contribution is 0.573. The van der Waals surface area contributed by atoms with Gasteiger partial charge in [0.15, 0.2) is 15.8 Å². The van der Waals surface area contributed by atoms with Crippen molar-refractivity contribution in [2.45, 2.75) is 31.8 Å². The molecule has 154 valence electrons. The third-order valence-electron chi connectivity index (χ3n) is 4.12. The molecule has 0 aliphatic heterocycles. The number of thiophene rings is 1. The third kappa shape index (κ3) is 5.68. The Bertz CT molecular complexity index is 1090. The number of aryl methyl sites for hydroxylation is 1. The smallest absolute Gasteiger partial charge is 0.236 e. The average Bonchev–Trinajstić information content (AvgIpc) is 3.34. The molecule has 0 atom stereocenters. The lowest BCUT2D eigenvalue weighted by atomic mass is 10.1. The van der Waals surface area contributed by atoms with Crippen LogP contribution in [0.5, 0.6) is 0 Å². The van der Waals surface area contributed by atoms with E-state index in [0.29, 0.717) is 29.8 Å². The van der Waals surface area contributed by atoms with Crippen molar-refractivity contribution in [2.75, 3.05) is 12.8 Å². The van der Waals surface area contributed by atoms with Gasteiger partial charge < -0.3 is 15.1 Å². The summed E-state index contributed by atoms with van der Waals surface area (Å²) < 4.78 is 29.0. The largest absolute Gasteiger partial charge is 0.443 e. The summed E-state index contributed by atoms with van der Waals surface area (Å²) in [5.41, 5.74) is 2.45. The quantitative estimate of drug-likeness (QED) is 0.439. The second kappa shape index (κ2) is 9.23. The Kier molecular flexibility index (Phi) is 6.71. The SMILES string of the molecule is CCNC(=NCc1ccc(S(C)(=O)=O)c(C)c1)NCc1coc(-c2cccs2)n1. The minimum absolute atomic E-state index is 0.350. The van der Waals surface area contributed by atoms with Gasteiger partial charge in [0.1, 0.15) is 6.26 Å². The van der Waals surface area contributed by atoms with E-state index < -0.39 is 9.84 Å². The zero-order chi connectivity index (χ0) is 20.9. The highest BCUT2D eigenvalue weighted by atomic mass is 32.2. The molecule has 0 bridgehead atoms. The van der Waals surface area contributed by atoms with Crippen molar-refractivity contribution in [3.63, 3.8) is 0 Å². The summed E-state index contributed by atoms with van der Waals surface area (Å²) in [7, 11) is -3.22. The zero-order valence-corrected chi connectivity index (χ0v) is 18.2. The molecule has 0 aliphatic rings. The molecule has 0 radical (unpaired) electrons. The van der Waals surface area contributed by atoms with Crippen LogP contribution < -0.4 is 10.6 Å². The molecule has 29 heavy (non-hydrogen) atoms. The number of rotatable bonds is 7. The number of sulfone groups is 1. The molecule has 0 aliphatic carbocycles. The normalized spacial score (nSPS) is 12.2. The van der Waals surface area contributed by atoms with E-state index in [4.69, 9.17) is 4.42 Å². The number of nitrogens with zero attached hydrogens (tertiary/aromatic N) is 2.